The van der Waals surface area contributed by atoms with Crippen molar-refractivity contribution in [2.24, 2.45) is 0 Å². The van der Waals surface area contributed by atoms with Crippen LogP contribution < -0.4 is 0 Å². The van der Waals surface area contributed by atoms with E-state index in [-0.39, 0.29) is 6.42 Å². The van der Waals surface area contributed by atoms with Crippen molar-refractivity contribution in [2.75, 3.05) is 0 Å². The molecule has 8 heteroatoms. The summed E-state index contributed by atoms with van der Waals surface area (Å²) in [6.45, 7) is 2.95. The van der Waals surface area contributed by atoms with E-state index in [1.54, 1.807) is 6.92 Å². The molecule has 0 spiro atoms. The minimum absolute atomic E-state index is 0.140. The summed E-state index contributed by atoms with van der Waals surface area (Å²) in [5.41, 5.74) is -0.961. The second kappa shape index (κ2) is 5.17. The largest absolute Gasteiger partial charge is 0.476 e. The Balaban J connectivity index is 4.25. The highest BCUT2D eigenvalue weighted by atomic mass is 35.5. The molecule has 0 saturated carbocycles. The summed E-state index contributed by atoms with van der Waals surface area (Å²) in [5, 5.41) is 0. The van der Waals surface area contributed by atoms with E-state index < -0.39 is 17.9 Å². The SMILES string of the molecule is CCC(Cl)(Cl)OP(=O)(O)OC(C)Cl. The Morgan fingerprint density at radius 3 is 2.38 bits per heavy atom. The molecule has 13 heavy (non-hydrogen) atoms. The molecule has 4 nitrogen and oxygen atoms in total. The molecule has 0 saturated heterocycles. The smallest absolute Gasteiger partial charge is 0.302 e. The molecule has 0 aliphatic heterocycles. The molecule has 0 fully saturated rings. The van der Waals surface area contributed by atoms with Crippen molar-refractivity contribution in [1.82, 2.24) is 0 Å². The van der Waals surface area contributed by atoms with Gasteiger partial charge in [-0.15, -0.1) is 0 Å². The molecule has 2 unspecified atom stereocenters. The Hall–Kier alpha value is 0.980. The topological polar surface area (TPSA) is 55.8 Å². The zero-order chi connectivity index (χ0) is 10.7. The highest BCUT2D eigenvalue weighted by Gasteiger charge is 2.35. The van der Waals surface area contributed by atoms with Crippen LogP contribution in [-0.4, -0.2) is 15.0 Å². The number of rotatable bonds is 5. The fourth-order valence-electron chi connectivity index (χ4n) is 0.438. The first-order chi connectivity index (χ1) is 5.68. The summed E-state index contributed by atoms with van der Waals surface area (Å²) in [4.78, 5) is 9.01. The molecule has 0 aliphatic rings. The predicted molar refractivity (Wildman–Crippen MR) is 52.0 cm³/mol. The Morgan fingerprint density at radius 1 is 1.62 bits per heavy atom. The van der Waals surface area contributed by atoms with Crippen LogP contribution in [0.5, 0.6) is 0 Å². The van der Waals surface area contributed by atoms with Gasteiger partial charge >= 0.3 is 7.82 Å². The molecule has 0 rings (SSSR count). The molecule has 0 heterocycles. The van der Waals surface area contributed by atoms with Crippen LogP contribution in [-0.2, 0) is 13.6 Å². The minimum atomic E-state index is -4.28. The van der Waals surface area contributed by atoms with Gasteiger partial charge in [0.1, 0.15) is 5.56 Å². The molecule has 80 valence electrons. The van der Waals surface area contributed by atoms with Gasteiger partial charge in [0.2, 0.25) is 4.52 Å². The second-order valence-corrected chi connectivity index (χ2v) is 5.56. The third kappa shape index (κ3) is 6.97. The summed E-state index contributed by atoms with van der Waals surface area (Å²) in [5.74, 6) is 0. The van der Waals surface area contributed by atoms with E-state index in [9.17, 15) is 4.57 Å². The molecule has 0 aliphatic carbocycles. The molecule has 2 atom stereocenters. The number of phosphoric ester groups is 1. The molecule has 0 radical (unpaired) electrons. The van der Waals surface area contributed by atoms with Crippen LogP contribution in [0.1, 0.15) is 20.3 Å². The summed E-state index contributed by atoms with van der Waals surface area (Å²) in [7, 11) is -4.28. The monoisotopic (exact) mass is 270 g/mol. The van der Waals surface area contributed by atoms with E-state index >= 15 is 0 Å². The first kappa shape index (κ1) is 14.0. The molecule has 1 N–H and O–H groups in total. The summed E-state index contributed by atoms with van der Waals surface area (Å²) < 4.78 is 18.1. The zero-order valence-electron chi connectivity index (χ0n) is 7.04. The van der Waals surface area contributed by atoms with Crippen molar-refractivity contribution < 1.29 is 18.5 Å². The van der Waals surface area contributed by atoms with Crippen molar-refractivity contribution in [3.8, 4) is 0 Å². The van der Waals surface area contributed by atoms with E-state index in [1.165, 1.54) is 6.92 Å². The average molecular weight is 271 g/mol. The fraction of sp³-hybridized carbons (Fsp3) is 1.00. The Labute approximate surface area is 91.7 Å². The molecule has 0 aromatic rings. The van der Waals surface area contributed by atoms with Crippen LogP contribution in [0.3, 0.4) is 0 Å². The van der Waals surface area contributed by atoms with Crippen LogP contribution in [0, 0.1) is 0 Å². The molecule has 0 bridgehead atoms. The summed E-state index contributed by atoms with van der Waals surface area (Å²) >= 11 is 16.3. The zero-order valence-corrected chi connectivity index (χ0v) is 10.2. The molecular formula is C5H10Cl3O4P. The third-order valence-electron chi connectivity index (χ3n) is 0.939. The van der Waals surface area contributed by atoms with Gasteiger partial charge < -0.3 is 4.89 Å². The first-order valence-electron chi connectivity index (χ1n) is 3.42. The molecule has 0 amide bonds. The Bertz CT molecular complexity index is 208. The van der Waals surface area contributed by atoms with Crippen LogP contribution in [0.4, 0.5) is 0 Å². The third-order valence-corrected chi connectivity index (χ3v) is 3.18. The minimum Gasteiger partial charge on any atom is -0.302 e. The maximum atomic E-state index is 11.1. The standard InChI is InChI=1S/C5H10Cl3O4P/c1-3-5(7,8)12-13(9,10)11-4(2)6/h4H,3H2,1-2H3,(H,9,10). The van der Waals surface area contributed by atoms with Crippen LogP contribution in [0.15, 0.2) is 0 Å². The maximum absolute atomic E-state index is 11.1. The highest BCUT2D eigenvalue weighted by Crippen LogP contribution is 2.51. The molecule has 0 aromatic carbocycles. The van der Waals surface area contributed by atoms with E-state index in [0.29, 0.717) is 0 Å². The van der Waals surface area contributed by atoms with Crippen molar-refractivity contribution in [1.29, 1.82) is 0 Å². The van der Waals surface area contributed by atoms with Crippen LogP contribution in [0.2, 0.25) is 0 Å². The number of hydrogen-bond acceptors (Lipinski definition) is 3. The normalized spacial score (nSPS) is 19.5. The number of phosphoric acid groups is 1. The van der Waals surface area contributed by atoms with Gasteiger partial charge in [0.15, 0.2) is 0 Å². The predicted octanol–water partition coefficient (Wildman–Crippen LogP) is 3.25. The number of halogens is 3. The first-order valence-corrected chi connectivity index (χ1v) is 6.11. The van der Waals surface area contributed by atoms with E-state index in [4.69, 9.17) is 39.7 Å². The fourth-order valence-corrected chi connectivity index (χ4v) is 2.14. The lowest BCUT2D eigenvalue weighted by Gasteiger charge is -2.21. The average Bonchev–Trinajstić information content (AvgIpc) is 1.81. The molecule has 0 aromatic heterocycles. The molecular weight excluding hydrogens is 261 g/mol. The van der Waals surface area contributed by atoms with Crippen molar-refractivity contribution >= 4 is 42.6 Å². The lowest BCUT2D eigenvalue weighted by atomic mass is 10.5. The second-order valence-electron chi connectivity index (χ2n) is 2.20. The highest BCUT2D eigenvalue weighted by molar-refractivity contribution is 7.47. The van der Waals surface area contributed by atoms with Gasteiger partial charge in [-0.05, 0) is 6.92 Å². The van der Waals surface area contributed by atoms with Crippen molar-refractivity contribution in [2.45, 2.75) is 30.4 Å². The maximum Gasteiger partial charge on any atom is 0.476 e. The van der Waals surface area contributed by atoms with E-state index in [1.807, 2.05) is 0 Å². The lowest BCUT2D eigenvalue weighted by Crippen LogP contribution is -2.16. The lowest BCUT2D eigenvalue weighted by molar-refractivity contribution is 0.113. The van der Waals surface area contributed by atoms with Crippen LogP contribution >= 0.6 is 42.6 Å². The number of alkyl halides is 3. The van der Waals surface area contributed by atoms with Crippen molar-refractivity contribution in [3.63, 3.8) is 0 Å². The Kier molecular flexibility index (Phi) is 5.56. The summed E-state index contributed by atoms with van der Waals surface area (Å²) in [6.07, 6.45) is 0.140. The van der Waals surface area contributed by atoms with Gasteiger partial charge in [0.05, 0.1) is 0 Å². The van der Waals surface area contributed by atoms with Gasteiger partial charge in [-0.1, -0.05) is 41.7 Å². The van der Waals surface area contributed by atoms with Gasteiger partial charge in [0.25, 0.3) is 0 Å². The van der Waals surface area contributed by atoms with E-state index in [2.05, 4.69) is 9.05 Å². The van der Waals surface area contributed by atoms with Crippen LogP contribution in [0.25, 0.3) is 0 Å². The Morgan fingerprint density at radius 2 is 2.08 bits per heavy atom. The van der Waals surface area contributed by atoms with Gasteiger partial charge in [-0.2, -0.15) is 0 Å². The van der Waals surface area contributed by atoms with Gasteiger partial charge in [0, 0.05) is 6.42 Å². The summed E-state index contributed by atoms with van der Waals surface area (Å²) in [6, 6.07) is 0. The van der Waals surface area contributed by atoms with Gasteiger partial charge in [-0.25, -0.2) is 9.09 Å². The van der Waals surface area contributed by atoms with E-state index in [0.717, 1.165) is 0 Å². The number of hydrogen-bond donors (Lipinski definition) is 1. The quantitative estimate of drug-likeness (QED) is 0.616. The van der Waals surface area contributed by atoms with Crippen molar-refractivity contribution in [3.05, 3.63) is 0 Å². The van der Waals surface area contributed by atoms with Gasteiger partial charge in [-0.3, -0.25) is 4.52 Å².